The number of likely N-dealkylation sites (N-methyl/N-ethyl adjacent to an activating group) is 1. The van der Waals surface area contributed by atoms with Crippen LogP contribution in [0.15, 0.2) is 48.5 Å². The van der Waals surface area contributed by atoms with E-state index in [0.29, 0.717) is 29.6 Å². The maximum Gasteiger partial charge on any atom is 0.242 e. The van der Waals surface area contributed by atoms with Gasteiger partial charge in [0.1, 0.15) is 6.04 Å². The van der Waals surface area contributed by atoms with Crippen LogP contribution in [0.4, 0.5) is 0 Å². The van der Waals surface area contributed by atoms with Gasteiger partial charge in [-0.2, -0.15) is 0 Å². The Hall–Kier alpha value is -1.98. The second-order valence-corrected chi connectivity index (χ2v) is 8.12. The van der Waals surface area contributed by atoms with Gasteiger partial charge in [-0.15, -0.1) is 11.8 Å². The molecular formula is C22H27ClN2O2S. The van der Waals surface area contributed by atoms with Gasteiger partial charge in [-0.3, -0.25) is 9.59 Å². The van der Waals surface area contributed by atoms with Crippen molar-refractivity contribution < 1.29 is 9.59 Å². The number of aryl methyl sites for hydroxylation is 1. The highest BCUT2D eigenvalue weighted by molar-refractivity contribution is 7.99. The molecule has 6 heteroatoms. The molecule has 0 saturated heterocycles. The lowest BCUT2D eigenvalue weighted by Crippen LogP contribution is -2.48. The number of thioether (sulfide) groups is 1. The molecule has 0 heterocycles. The molecule has 28 heavy (non-hydrogen) atoms. The molecule has 150 valence electrons. The number of hydrogen-bond donors (Lipinski definition) is 1. The van der Waals surface area contributed by atoms with Crippen molar-refractivity contribution in [3.8, 4) is 0 Å². The molecule has 0 aliphatic heterocycles. The fraction of sp³-hybridized carbons (Fsp3) is 0.364. The molecule has 2 aromatic carbocycles. The SMILES string of the molecule is CCNC(=O)[C@@H](C)N(Cc1ccc(C)cc1)C(=O)CSCc1cccc(Cl)c1. The van der Waals surface area contributed by atoms with Crippen LogP contribution >= 0.6 is 23.4 Å². The fourth-order valence-corrected chi connectivity index (χ4v) is 3.83. The van der Waals surface area contributed by atoms with Crippen molar-refractivity contribution in [3.05, 3.63) is 70.2 Å². The summed E-state index contributed by atoms with van der Waals surface area (Å²) in [4.78, 5) is 26.9. The highest BCUT2D eigenvalue weighted by atomic mass is 35.5. The third-order valence-corrected chi connectivity index (χ3v) is 5.60. The van der Waals surface area contributed by atoms with Crippen molar-refractivity contribution in [3.63, 3.8) is 0 Å². The highest BCUT2D eigenvalue weighted by Gasteiger charge is 2.25. The number of hydrogen-bond acceptors (Lipinski definition) is 3. The molecule has 0 aromatic heterocycles. The number of benzene rings is 2. The van der Waals surface area contributed by atoms with E-state index in [1.54, 1.807) is 11.8 Å². The minimum absolute atomic E-state index is 0.0497. The summed E-state index contributed by atoms with van der Waals surface area (Å²) in [6.07, 6.45) is 0. The van der Waals surface area contributed by atoms with Crippen molar-refractivity contribution in [2.45, 2.75) is 39.1 Å². The monoisotopic (exact) mass is 418 g/mol. The Bertz CT molecular complexity index is 795. The molecule has 1 atom stereocenters. The number of amides is 2. The Labute approximate surface area is 176 Å². The van der Waals surface area contributed by atoms with E-state index in [1.165, 1.54) is 11.8 Å². The lowest BCUT2D eigenvalue weighted by atomic mass is 10.1. The zero-order valence-electron chi connectivity index (χ0n) is 16.6. The summed E-state index contributed by atoms with van der Waals surface area (Å²) in [6, 6.07) is 15.1. The van der Waals surface area contributed by atoms with Crippen LogP contribution in [-0.4, -0.2) is 35.1 Å². The predicted octanol–water partition coefficient (Wildman–Crippen LogP) is 4.44. The maximum atomic E-state index is 12.9. The zero-order chi connectivity index (χ0) is 20.5. The molecule has 2 aromatic rings. The second kappa shape index (κ2) is 11.1. The van der Waals surface area contributed by atoms with Gasteiger partial charge in [0.15, 0.2) is 0 Å². The zero-order valence-corrected chi connectivity index (χ0v) is 18.1. The molecule has 0 spiro atoms. The highest BCUT2D eigenvalue weighted by Crippen LogP contribution is 2.18. The van der Waals surface area contributed by atoms with Gasteiger partial charge >= 0.3 is 0 Å². The Morgan fingerprint density at radius 1 is 1.14 bits per heavy atom. The first kappa shape index (κ1) is 22.3. The third-order valence-electron chi connectivity index (χ3n) is 4.38. The summed E-state index contributed by atoms with van der Waals surface area (Å²) in [6.45, 7) is 6.63. The van der Waals surface area contributed by atoms with Crippen LogP contribution in [0.5, 0.6) is 0 Å². The third kappa shape index (κ3) is 6.88. The number of nitrogens with zero attached hydrogens (tertiary/aromatic N) is 1. The number of halogens is 1. The first-order valence-corrected chi connectivity index (χ1v) is 10.9. The van der Waals surface area contributed by atoms with Gasteiger partial charge in [0, 0.05) is 23.9 Å². The van der Waals surface area contributed by atoms with E-state index in [1.807, 2.05) is 62.4 Å². The average Bonchev–Trinajstić information content (AvgIpc) is 2.67. The van der Waals surface area contributed by atoms with Crippen LogP contribution in [0.3, 0.4) is 0 Å². The van der Waals surface area contributed by atoms with Crippen molar-refractivity contribution in [2.24, 2.45) is 0 Å². The summed E-state index contributed by atoms with van der Waals surface area (Å²) in [5, 5.41) is 3.50. The van der Waals surface area contributed by atoms with E-state index in [2.05, 4.69) is 5.32 Å². The summed E-state index contributed by atoms with van der Waals surface area (Å²) in [5.41, 5.74) is 3.25. The minimum atomic E-state index is -0.527. The normalized spacial score (nSPS) is 11.7. The maximum absolute atomic E-state index is 12.9. The molecular weight excluding hydrogens is 392 g/mol. The molecule has 0 radical (unpaired) electrons. The van der Waals surface area contributed by atoms with Gasteiger partial charge in [-0.25, -0.2) is 0 Å². The van der Waals surface area contributed by atoms with E-state index in [9.17, 15) is 9.59 Å². The van der Waals surface area contributed by atoms with Crippen LogP contribution in [0.1, 0.15) is 30.5 Å². The quantitative estimate of drug-likeness (QED) is 0.655. The molecule has 4 nitrogen and oxygen atoms in total. The number of carbonyl (C=O) groups excluding carboxylic acids is 2. The standard InChI is InChI=1S/C22H27ClN2O2S/c1-4-24-22(27)17(3)25(13-18-10-8-16(2)9-11-18)21(26)15-28-14-19-6-5-7-20(23)12-19/h5-12,17H,4,13-15H2,1-3H3,(H,24,27)/t17-/m1/s1. The molecule has 0 aliphatic carbocycles. The van der Waals surface area contributed by atoms with E-state index >= 15 is 0 Å². The first-order chi connectivity index (χ1) is 13.4. The molecule has 0 unspecified atom stereocenters. The van der Waals surface area contributed by atoms with Gasteiger partial charge in [-0.1, -0.05) is 53.6 Å². The summed E-state index contributed by atoms with van der Waals surface area (Å²) >= 11 is 7.54. The smallest absolute Gasteiger partial charge is 0.242 e. The van der Waals surface area contributed by atoms with Gasteiger partial charge in [0.25, 0.3) is 0 Å². The van der Waals surface area contributed by atoms with Gasteiger partial charge in [0.2, 0.25) is 11.8 Å². The molecule has 0 bridgehead atoms. The van der Waals surface area contributed by atoms with Crippen LogP contribution < -0.4 is 5.32 Å². The number of nitrogens with one attached hydrogen (secondary N) is 1. The van der Waals surface area contributed by atoms with Crippen molar-refractivity contribution in [1.29, 1.82) is 0 Å². The molecule has 0 fully saturated rings. The first-order valence-electron chi connectivity index (χ1n) is 9.35. The van der Waals surface area contributed by atoms with E-state index in [4.69, 9.17) is 11.6 Å². The van der Waals surface area contributed by atoms with Gasteiger partial charge < -0.3 is 10.2 Å². The summed E-state index contributed by atoms with van der Waals surface area (Å²) in [7, 11) is 0. The van der Waals surface area contributed by atoms with Crippen LogP contribution in [-0.2, 0) is 21.9 Å². The Balaban J connectivity index is 2.04. The topological polar surface area (TPSA) is 49.4 Å². The molecule has 2 amide bonds. The largest absolute Gasteiger partial charge is 0.355 e. The Morgan fingerprint density at radius 3 is 2.50 bits per heavy atom. The lowest BCUT2D eigenvalue weighted by molar-refractivity contribution is -0.138. The molecule has 0 aliphatic rings. The average molecular weight is 419 g/mol. The van der Waals surface area contributed by atoms with Crippen molar-refractivity contribution in [2.75, 3.05) is 12.3 Å². The predicted molar refractivity (Wildman–Crippen MR) is 117 cm³/mol. The molecule has 2 rings (SSSR count). The molecule has 0 saturated carbocycles. The van der Waals surface area contributed by atoms with E-state index < -0.39 is 6.04 Å². The lowest BCUT2D eigenvalue weighted by Gasteiger charge is -2.28. The van der Waals surface area contributed by atoms with Crippen LogP contribution in [0.2, 0.25) is 5.02 Å². The van der Waals surface area contributed by atoms with Crippen molar-refractivity contribution >= 4 is 35.2 Å². The number of carbonyl (C=O) groups is 2. The van der Waals surface area contributed by atoms with Crippen molar-refractivity contribution in [1.82, 2.24) is 10.2 Å². The summed E-state index contributed by atoms with van der Waals surface area (Å²) < 4.78 is 0. The Morgan fingerprint density at radius 2 is 1.86 bits per heavy atom. The van der Waals surface area contributed by atoms with E-state index in [0.717, 1.165) is 16.7 Å². The number of rotatable bonds is 9. The second-order valence-electron chi connectivity index (χ2n) is 6.70. The Kier molecular flexibility index (Phi) is 8.87. The van der Waals surface area contributed by atoms with Gasteiger partial charge in [0.05, 0.1) is 5.75 Å². The van der Waals surface area contributed by atoms with Crippen LogP contribution in [0, 0.1) is 6.92 Å². The van der Waals surface area contributed by atoms with E-state index in [-0.39, 0.29) is 11.8 Å². The van der Waals surface area contributed by atoms with Gasteiger partial charge in [-0.05, 0) is 44.0 Å². The summed E-state index contributed by atoms with van der Waals surface area (Å²) in [5.74, 6) is 0.816. The minimum Gasteiger partial charge on any atom is -0.355 e. The molecule has 1 N–H and O–H groups in total. The fourth-order valence-electron chi connectivity index (χ4n) is 2.76. The van der Waals surface area contributed by atoms with Crippen LogP contribution in [0.25, 0.3) is 0 Å².